The highest BCUT2D eigenvalue weighted by Crippen LogP contribution is 2.50. The molecule has 4 rings (SSSR count). The standard InChI is InChI=1S/C20H15ClF2N4OS/c21-17-4-2-1-3-14(17)15-7-8-28-20(15,16-6-5-13(22)9-18(16)23)10-27-19(29-11-24)25-12-26-27/h1-6,9,12,15H,7-8,10H2. The van der Waals surface area contributed by atoms with E-state index in [0.717, 1.165) is 23.4 Å². The maximum atomic E-state index is 15.0. The van der Waals surface area contributed by atoms with Crippen LogP contribution in [0.2, 0.25) is 5.02 Å². The minimum Gasteiger partial charge on any atom is -0.368 e. The highest BCUT2D eigenvalue weighted by atomic mass is 35.5. The second kappa shape index (κ2) is 8.11. The number of hydrogen-bond acceptors (Lipinski definition) is 5. The monoisotopic (exact) mass is 432 g/mol. The summed E-state index contributed by atoms with van der Waals surface area (Å²) in [5.74, 6) is -1.69. The number of thioether (sulfide) groups is 1. The molecule has 2 unspecified atom stereocenters. The number of halogens is 3. The minimum atomic E-state index is -1.19. The van der Waals surface area contributed by atoms with Gasteiger partial charge in [-0.1, -0.05) is 35.9 Å². The van der Waals surface area contributed by atoms with Gasteiger partial charge >= 0.3 is 0 Å². The normalized spacial score (nSPS) is 21.2. The highest BCUT2D eigenvalue weighted by molar-refractivity contribution is 8.03. The fraction of sp³-hybridized carbons (Fsp3) is 0.250. The van der Waals surface area contributed by atoms with Crippen LogP contribution in [0.25, 0.3) is 0 Å². The summed E-state index contributed by atoms with van der Waals surface area (Å²) in [6, 6.07) is 10.8. The molecule has 1 aliphatic rings. The smallest absolute Gasteiger partial charge is 0.200 e. The summed E-state index contributed by atoms with van der Waals surface area (Å²) in [5.41, 5.74) is -0.170. The van der Waals surface area contributed by atoms with Crippen molar-refractivity contribution in [2.24, 2.45) is 0 Å². The number of aromatic nitrogens is 3. The Hall–Kier alpha value is -2.47. The SMILES string of the molecule is N#CSc1ncnn1CC1(c2ccc(F)cc2F)OCCC1c1ccccc1Cl. The van der Waals surface area contributed by atoms with Crippen molar-refractivity contribution in [2.75, 3.05) is 6.61 Å². The van der Waals surface area contributed by atoms with E-state index in [9.17, 15) is 8.78 Å². The summed E-state index contributed by atoms with van der Waals surface area (Å²) in [6.45, 7) is 0.456. The Morgan fingerprint density at radius 2 is 2.14 bits per heavy atom. The first-order valence-electron chi connectivity index (χ1n) is 8.83. The minimum absolute atomic E-state index is 0.0927. The van der Waals surface area contributed by atoms with Crippen molar-refractivity contribution in [3.05, 3.63) is 76.6 Å². The zero-order chi connectivity index (χ0) is 20.4. The molecule has 0 aliphatic carbocycles. The van der Waals surface area contributed by atoms with Gasteiger partial charge in [0.1, 0.15) is 29.0 Å². The molecular formula is C20H15ClF2N4OS. The second-order valence-electron chi connectivity index (χ2n) is 6.62. The first kappa shape index (κ1) is 19.8. The van der Waals surface area contributed by atoms with Crippen LogP contribution >= 0.6 is 23.4 Å². The summed E-state index contributed by atoms with van der Waals surface area (Å²) >= 11 is 7.31. The molecule has 0 spiro atoms. The van der Waals surface area contributed by atoms with Crippen LogP contribution in [0, 0.1) is 22.3 Å². The van der Waals surface area contributed by atoms with Crippen LogP contribution in [0.3, 0.4) is 0 Å². The fourth-order valence-electron chi connectivity index (χ4n) is 3.90. The largest absolute Gasteiger partial charge is 0.368 e. The molecule has 2 heterocycles. The van der Waals surface area contributed by atoms with E-state index in [4.69, 9.17) is 21.6 Å². The van der Waals surface area contributed by atoms with Gasteiger partial charge in [0.15, 0.2) is 0 Å². The summed E-state index contributed by atoms with van der Waals surface area (Å²) in [4.78, 5) is 4.08. The van der Waals surface area contributed by atoms with E-state index in [2.05, 4.69) is 10.1 Å². The van der Waals surface area contributed by atoms with Crippen molar-refractivity contribution in [3.63, 3.8) is 0 Å². The Balaban J connectivity index is 1.88. The maximum absolute atomic E-state index is 15.0. The predicted molar refractivity (Wildman–Crippen MR) is 104 cm³/mol. The van der Waals surface area contributed by atoms with E-state index in [0.29, 0.717) is 23.2 Å². The van der Waals surface area contributed by atoms with Gasteiger partial charge in [0.2, 0.25) is 5.16 Å². The topological polar surface area (TPSA) is 63.7 Å². The zero-order valence-corrected chi connectivity index (χ0v) is 16.6. The van der Waals surface area contributed by atoms with E-state index in [1.165, 1.54) is 23.1 Å². The Bertz CT molecular complexity index is 1090. The first-order chi connectivity index (χ1) is 14.0. The van der Waals surface area contributed by atoms with Gasteiger partial charge in [-0.05, 0) is 24.1 Å². The van der Waals surface area contributed by atoms with E-state index in [-0.39, 0.29) is 18.0 Å². The summed E-state index contributed by atoms with van der Waals surface area (Å²) in [7, 11) is 0. The molecule has 3 aromatic rings. The number of thiocyanates is 1. The van der Waals surface area contributed by atoms with Crippen molar-refractivity contribution in [1.82, 2.24) is 14.8 Å². The molecule has 0 N–H and O–H groups in total. The van der Waals surface area contributed by atoms with Gasteiger partial charge in [-0.3, -0.25) is 0 Å². The van der Waals surface area contributed by atoms with Crippen molar-refractivity contribution in [3.8, 4) is 5.40 Å². The van der Waals surface area contributed by atoms with Crippen LogP contribution < -0.4 is 0 Å². The molecule has 1 saturated heterocycles. The summed E-state index contributed by atoms with van der Waals surface area (Å²) in [6.07, 6.45) is 1.92. The molecule has 1 aliphatic heterocycles. The molecule has 0 saturated carbocycles. The Morgan fingerprint density at radius 3 is 2.90 bits per heavy atom. The van der Waals surface area contributed by atoms with E-state index >= 15 is 0 Å². The van der Waals surface area contributed by atoms with Crippen molar-refractivity contribution < 1.29 is 13.5 Å². The van der Waals surface area contributed by atoms with Gasteiger partial charge < -0.3 is 4.74 Å². The van der Waals surface area contributed by atoms with Crippen LogP contribution in [-0.4, -0.2) is 21.4 Å². The second-order valence-corrected chi connectivity index (χ2v) is 7.78. The van der Waals surface area contributed by atoms with Gasteiger partial charge in [-0.2, -0.15) is 10.4 Å². The van der Waals surface area contributed by atoms with E-state index < -0.39 is 17.2 Å². The third kappa shape index (κ3) is 3.62. The van der Waals surface area contributed by atoms with Crippen LogP contribution in [0.5, 0.6) is 0 Å². The Labute approximate surface area is 175 Å². The first-order valence-corrected chi connectivity index (χ1v) is 10.0. The molecule has 5 nitrogen and oxygen atoms in total. The van der Waals surface area contributed by atoms with Crippen LogP contribution in [0.15, 0.2) is 53.9 Å². The molecule has 1 fully saturated rings. The number of nitriles is 1. The average molecular weight is 433 g/mol. The molecule has 2 atom stereocenters. The van der Waals surface area contributed by atoms with Gasteiger partial charge in [0.05, 0.1) is 6.54 Å². The molecule has 0 amide bonds. The van der Waals surface area contributed by atoms with Gasteiger partial charge in [-0.15, -0.1) is 0 Å². The molecule has 0 radical (unpaired) electrons. The van der Waals surface area contributed by atoms with Crippen LogP contribution in [0.1, 0.15) is 23.5 Å². The van der Waals surface area contributed by atoms with Crippen molar-refractivity contribution >= 4 is 23.4 Å². The molecule has 148 valence electrons. The number of ether oxygens (including phenoxy) is 1. The van der Waals surface area contributed by atoms with Gasteiger partial charge in [0, 0.05) is 40.9 Å². The lowest BCUT2D eigenvalue weighted by molar-refractivity contribution is -0.0318. The number of benzene rings is 2. The fourth-order valence-corrected chi connectivity index (χ4v) is 4.57. The summed E-state index contributed by atoms with van der Waals surface area (Å²) < 4.78 is 36.3. The lowest BCUT2D eigenvalue weighted by atomic mass is 9.77. The maximum Gasteiger partial charge on any atom is 0.200 e. The lowest BCUT2D eigenvalue weighted by Crippen LogP contribution is -2.38. The lowest BCUT2D eigenvalue weighted by Gasteiger charge is -2.36. The average Bonchev–Trinajstić information content (AvgIpc) is 3.30. The number of nitrogens with zero attached hydrogens (tertiary/aromatic N) is 4. The van der Waals surface area contributed by atoms with Gasteiger partial charge in [0.25, 0.3) is 0 Å². The number of hydrogen-bond donors (Lipinski definition) is 0. The number of rotatable bonds is 5. The Morgan fingerprint density at radius 1 is 1.31 bits per heavy atom. The zero-order valence-electron chi connectivity index (χ0n) is 15.1. The molecule has 0 bridgehead atoms. The third-order valence-corrected chi connectivity index (χ3v) is 6.03. The van der Waals surface area contributed by atoms with Crippen molar-refractivity contribution in [2.45, 2.75) is 29.6 Å². The van der Waals surface area contributed by atoms with Gasteiger partial charge in [-0.25, -0.2) is 18.4 Å². The highest BCUT2D eigenvalue weighted by Gasteiger charge is 2.49. The molecular weight excluding hydrogens is 418 g/mol. The molecule has 29 heavy (non-hydrogen) atoms. The predicted octanol–water partition coefficient (Wildman–Crippen LogP) is 4.88. The van der Waals surface area contributed by atoms with E-state index in [1.54, 1.807) is 6.07 Å². The molecule has 9 heteroatoms. The molecule has 1 aromatic heterocycles. The Kier molecular flexibility index (Phi) is 5.54. The van der Waals surface area contributed by atoms with Crippen LogP contribution in [-0.2, 0) is 16.9 Å². The van der Waals surface area contributed by atoms with E-state index in [1.807, 2.05) is 23.6 Å². The van der Waals surface area contributed by atoms with Crippen LogP contribution in [0.4, 0.5) is 8.78 Å². The summed E-state index contributed by atoms with van der Waals surface area (Å²) in [5, 5.41) is 16.1. The third-order valence-electron chi connectivity index (χ3n) is 5.10. The van der Waals surface area contributed by atoms with Crippen molar-refractivity contribution in [1.29, 1.82) is 5.26 Å². The molecule has 2 aromatic carbocycles. The quantitative estimate of drug-likeness (QED) is 0.424.